The zero-order valence-corrected chi connectivity index (χ0v) is 15.3. The number of carbonyl (C=O) groups is 2. The smallest absolute Gasteiger partial charge is 0.274 e. The van der Waals surface area contributed by atoms with E-state index in [9.17, 15) is 9.59 Å². The van der Waals surface area contributed by atoms with Crippen LogP contribution in [-0.2, 0) is 0 Å². The Balaban J connectivity index is 1.70. The largest absolute Gasteiger partial charge is 0.348 e. The number of amides is 2. The van der Waals surface area contributed by atoms with Crippen molar-refractivity contribution in [2.24, 2.45) is 0 Å². The summed E-state index contributed by atoms with van der Waals surface area (Å²) in [6.07, 6.45) is 5.56. The van der Waals surface area contributed by atoms with Crippen LogP contribution in [0.5, 0.6) is 0 Å². The highest BCUT2D eigenvalue weighted by molar-refractivity contribution is 6.04. The van der Waals surface area contributed by atoms with Crippen molar-refractivity contribution in [3.63, 3.8) is 0 Å². The number of hydrogen-bond acceptors (Lipinski definition) is 3. The maximum absolute atomic E-state index is 12.5. The molecule has 1 aromatic carbocycles. The fraction of sp³-hybridized carbons (Fsp3) is 0.381. The van der Waals surface area contributed by atoms with Gasteiger partial charge in [-0.05, 0) is 56.0 Å². The lowest BCUT2D eigenvalue weighted by Crippen LogP contribution is -2.36. The Kier molecular flexibility index (Phi) is 5.66. The number of anilines is 1. The lowest BCUT2D eigenvalue weighted by atomic mass is 9.95. The Labute approximate surface area is 154 Å². The highest BCUT2D eigenvalue weighted by atomic mass is 16.2. The summed E-state index contributed by atoms with van der Waals surface area (Å²) in [5.74, 6) is -0.524. The van der Waals surface area contributed by atoms with Gasteiger partial charge >= 0.3 is 0 Å². The molecule has 0 atom stereocenters. The van der Waals surface area contributed by atoms with Gasteiger partial charge in [0, 0.05) is 11.7 Å². The number of nitrogens with one attached hydrogen (secondary N) is 2. The van der Waals surface area contributed by atoms with Crippen LogP contribution in [0.3, 0.4) is 0 Å². The second-order valence-corrected chi connectivity index (χ2v) is 6.99. The van der Waals surface area contributed by atoms with Crippen LogP contribution in [0, 0.1) is 13.8 Å². The summed E-state index contributed by atoms with van der Waals surface area (Å²) in [6.45, 7) is 3.92. The third-order valence-electron chi connectivity index (χ3n) is 4.80. The minimum absolute atomic E-state index is 0.210. The van der Waals surface area contributed by atoms with Crippen LogP contribution in [-0.4, -0.2) is 22.8 Å². The zero-order valence-electron chi connectivity index (χ0n) is 15.3. The molecule has 1 heterocycles. The van der Waals surface area contributed by atoms with Gasteiger partial charge in [0.2, 0.25) is 0 Å². The van der Waals surface area contributed by atoms with E-state index in [1.165, 1.54) is 6.42 Å². The van der Waals surface area contributed by atoms with Gasteiger partial charge in [-0.2, -0.15) is 0 Å². The standard InChI is InChI=1S/C21H25N3O2/c1-14-11-12-15(2)19(13-14)24-21(26)18-10-6-9-17(23-18)20(25)22-16-7-4-3-5-8-16/h6,9-13,16H,3-5,7-8H2,1-2H3,(H,22,25)(H,24,26). The van der Waals surface area contributed by atoms with E-state index in [1.54, 1.807) is 18.2 Å². The second kappa shape index (κ2) is 8.13. The molecule has 1 aliphatic carbocycles. The Morgan fingerprint density at radius 3 is 2.38 bits per heavy atom. The summed E-state index contributed by atoms with van der Waals surface area (Å²) < 4.78 is 0. The summed E-state index contributed by atoms with van der Waals surface area (Å²) in [5, 5.41) is 5.92. The molecule has 26 heavy (non-hydrogen) atoms. The van der Waals surface area contributed by atoms with E-state index in [4.69, 9.17) is 0 Å². The average Bonchev–Trinajstić information content (AvgIpc) is 2.65. The number of rotatable bonds is 4. The Morgan fingerprint density at radius 1 is 0.962 bits per heavy atom. The van der Waals surface area contributed by atoms with Crippen molar-refractivity contribution in [1.29, 1.82) is 0 Å². The van der Waals surface area contributed by atoms with E-state index in [0.29, 0.717) is 0 Å². The fourth-order valence-corrected chi connectivity index (χ4v) is 3.25. The van der Waals surface area contributed by atoms with Gasteiger partial charge in [-0.25, -0.2) is 4.98 Å². The molecule has 0 radical (unpaired) electrons. The highest BCUT2D eigenvalue weighted by Crippen LogP contribution is 2.19. The number of carbonyl (C=O) groups excluding carboxylic acids is 2. The topological polar surface area (TPSA) is 71.1 Å². The third kappa shape index (κ3) is 4.48. The van der Waals surface area contributed by atoms with Gasteiger partial charge in [-0.3, -0.25) is 9.59 Å². The molecule has 2 N–H and O–H groups in total. The van der Waals surface area contributed by atoms with Crippen molar-refractivity contribution in [3.05, 3.63) is 58.9 Å². The average molecular weight is 351 g/mol. The van der Waals surface area contributed by atoms with Gasteiger partial charge in [0.15, 0.2) is 0 Å². The highest BCUT2D eigenvalue weighted by Gasteiger charge is 2.18. The number of aromatic nitrogens is 1. The van der Waals surface area contributed by atoms with Crippen LogP contribution in [0.2, 0.25) is 0 Å². The Bertz CT molecular complexity index is 811. The molecule has 136 valence electrons. The monoisotopic (exact) mass is 351 g/mol. The van der Waals surface area contributed by atoms with Crippen molar-refractivity contribution >= 4 is 17.5 Å². The first kappa shape index (κ1) is 18.1. The molecule has 0 spiro atoms. The molecule has 0 bridgehead atoms. The predicted molar refractivity (Wildman–Crippen MR) is 102 cm³/mol. The molecular formula is C21H25N3O2. The van der Waals surface area contributed by atoms with Gasteiger partial charge in [-0.1, -0.05) is 37.5 Å². The molecule has 5 heteroatoms. The Morgan fingerprint density at radius 2 is 1.65 bits per heavy atom. The van der Waals surface area contributed by atoms with Crippen LogP contribution >= 0.6 is 0 Å². The fourth-order valence-electron chi connectivity index (χ4n) is 3.25. The van der Waals surface area contributed by atoms with Crippen molar-refractivity contribution in [1.82, 2.24) is 10.3 Å². The van der Waals surface area contributed by atoms with Crippen LogP contribution in [0.4, 0.5) is 5.69 Å². The number of hydrogen-bond donors (Lipinski definition) is 2. The van der Waals surface area contributed by atoms with Gasteiger partial charge in [0.25, 0.3) is 11.8 Å². The molecule has 1 aromatic heterocycles. The van der Waals surface area contributed by atoms with Gasteiger partial charge in [-0.15, -0.1) is 0 Å². The quantitative estimate of drug-likeness (QED) is 0.874. The van der Waals surface area contributed by atoms with Crippen LogP contribution in [0.15, 0.2) is 36.4 Å². The molecular weight excluding hydrogens is 326 g/mol. The summed E-state index contributed by atoms with van der Waals surface area (Å²) in [5.41, 5.74) is 3.33. The lowest BCUT2D eigenvalue weighted by Gasteiger charge is -2.22. The van der Waals surface area contributed by atoms with Gasteiger partial charge in [0.05, 0.1) is 0 Å². The number of nitrogens with zero attached hydrogens (tertiary/aromatic N) is 1. The third-order valence-corrected chi connectivity index (χ3v) is 4.80. The summed E-state index contributed by atoms with van der Waals surface area (Å²) in [4.78, 5) is 29.2. The van der Waals surface area contributed by atoms with Crippen molar-refractivity contribution in [3.8, 4) is 0 Å². The number of aryl methyl sites for hydroxylation is 2. The van der Waals surface area contributed by atoms with Crippen molar-refractivity contribution in [2.45, 2.75) is 52.0 Å². The molecule has 0 unspecified atom stereocenters. The molecule has 1 saturated carbocycles. The van der Waals surface area contributed by atoms with Crippen LogP contribution in [0.1, 0.15) is 64.2 Å². The first-order chi connectivity index (χ1) is 12.5. The first-order valence-corrected chi connectivity index (χ1v) is 9.19. The molecule has 1 fully saturated rings. The number of pyridine rings is 1. The van der Waals surface area contributed by atoms with Crippen LogP contribution in [0.25, 0.3) is 0 Å². The minimum atomic E-state index is -0.314. The maximum Gasteiger partial charge on any atom is 0.274 e. The normalized spacial score (nSPS) is 14.7. The molecule has 0 saturated heterocycles. The summed E-state index contributed by atoms with van der Waals surface area (Å²) in [7, 11) is 0. The molecule has 5 nitrogen and oxygen atoms in total. The minimum Gasteiger partial charge on any atom is -0.348 e. The first-order valence-electron chi connectivity index (χ1n) is 9.19. The summed E-state index contributed by atoms with van der Waals surface area (Å²) in [6, 6.07) is 11.1. The maximum atomic E-state index is 12.5. The lowest BCUT2D eigenvalue weighted by molar-refractivity contribution is 0.0922. The van der Waals surface area contributed by atoms with E-state index < -0.39 is 0 Å². The molecule has 1 aliphatic rings. The number of benzene rings is 1. The van der Waals surface area contributed by atoms with Gasteiger partial charge < -0.3 is 10.6 Å². The SMILES string of the molecule is Cc1ccc(C)c(NC(=O)c2cccc(C(=O)NC3CCCCC3)n2)c1. The van der Waals surface area contributed by atoms with Crippen molar-refractivity contribution in [2.75, 3.05) is 5.32 Å². The summed E-state index contributed by atoms with van der Waals surface area (Å²) >= 11 is 0. The van der Waals surface area contributed by atoms with Crippen LogP contribution < -0.4 is 10.6 Å². The van der Waals surface area contributed by atoms with E-state index >= 15 is 0 Å². The van der Waals surface area contributed by atoms with E-state index in [1.807, 2.05) is 32.0 Å². The molecule has 0 aliphatic heterocycles. The van der Waals surface area contributed by atoms with E-state index in [-0.39, 0.29) is 29.2 Å². The van der Waals surface area contributed by atoms with E-state index in [2.05, 4.69) is 15.6 Å². The molecule has 2 amide bonds. The van der Waals surface area contributed by atoms with Gasteiger partial charge in [0.1, 0.15) is 11.4 Å². The molecule has 2 aromatic rings. The van der Waals surface area contributed by atoms with Crippen molar-refractivity contribution < 1.29 is 9.59 Å². The Hall–Kier alpha value is -2.69. The predicted octanol–water partition coefficient (Wildman–Crippen LogP) is 4.01. The second-order valence-electron chi connectivity index (χ2n) is 6.99. The zero-order chi connectivity index (χ0) is 18.5. The van der Waals surface area contributed by atoms with E-state index in [0.717, 1.165) is 42.5 Å². The molecule has 3 rings (SSSR count).